The summed E-state index contributed by atoms with van der Waals surface area (Å²) in [6, 6.07) is 7.48. The summed E-state index contributed by atoms with van der Waals surface area (Å²) in [5, 5.41) is 9.42. The van der Waals surface area contributed by atoms with Gasteiger partial charge in [-0.1, -0.05) is 18.3 Å². The highest BCUT2D eigenvalue weighted by atomic mass is 79.9. The molecule has 0 saturated carbocycles. The molecule has 2 aliphatic rings. The molecule has 10 heteroatoms. The smallest absolute Gasteiger partial charge is 0.256 e. The summed E-state index contributed by atoms with van der Waals surface area (Å²) in [5.74, 6) is 1.09. The largest absolute Gasteiger partial charge is 0.493 e. The first-order chi connectivity index (χ1) is 16.1. The molecule has 174 valence electrons. The van der Waals surface area contributed by atoms with Crippen molar-refractivity contribution in [2.24, 2.45) is 0 Å². The van der Waals surface area contributed by atoms with E-state index in [1.807, 2.05) is 24.3 Å². The lowest BCUT2D eigenvalue weighted by atomic mass is 10.1. The average Bonchev–Trinajstić information content (AvgIpc) is 2.77. The Kier molecular flexibility index (Phi) is 7.79. The molecule has 0 aliphatic carbocycles. The van der Waals surface area contributed by atoms with Crippen LogP contribution in [0.1, 0.15) is 18.4 Å². The SMILES string of the molecule is COc1c(Br)cccc1NC(=S)C1=C(NCc2ccncc2OCC2CCO2)CCNC1=O. The summed E-state index contributed by atoms with van der Waals surface area (Å²) < 4.78 is 17.6. The molecule has 0 radical (unpaired) electrons. The molecule has 33 heavy (non-hydrogen) atoms. The van der Waals surface area contributed by atoms with E-state index in [1.165, 1.54) is 0 Å². The minimum Gasteiger partial charge on any atom is -0.493 e. The van der Waals surface area contributed by atoms with Crippen molar-refractivity contribution in [2.45, 2.75) is 25.5 Å². The van der Waals surface area contributed by atoms with Gasteiger partial charge in [0.05, 0.1) is 35.1 Å². The first-order valence-corrected chi connectivity index (χ1v) is 11.8. The Morgan fingerprint density at radius 2 is 2.24 bits per heavy atom. The molecule has 2 aromatic rings. The summed E-state index contributed by atoms with van der Waals surface area (Å²) in [7, 11) is 1.58. The number of rotatable bonds is 9. The van der Waals surface area contributed by atoms with Crippen molar-refractivity contribution >= 4 is 44.7 Å². The van der Waals surface area contributed by atoms with Crippen molar-refractivity contribution < 1.29 is 19.0 Å². The number of thiocarbonyl (C=S) groups is 1. The van der Waals surface area contributed by atoms with Gasteiger partial charge in [0.15, 0.2) is 5.75 Å². The third kappa shape index (κ3) is 5.63. The molecule has 8 nitrogen and oxygen atoms in total. The maximum absolute atomic E-state index is 12.7. The number of amides is 1. The van der Waals surface area contributed by atoms with Gasteiger partial charge in [-0.15, -0.1) is 0 Å². The molecule has 0 spiro atoms. The topological polar surface area (TPSA) is 93.7 Å². The van der Waals surface area contributed by atoms with Crippen LogP contribution >= 0.6 is 28.1 Å². The van der Waals surface area contributed by atoms with Crippen molar-refractivity contribution in [2.75, 3.05) is 32.2 Å². The standard InChI is InChI=1S/C23H25BrN4O4S/c1-30-21-16(24)3-2-4-18(21)28-23(33)20-17(6-9-26-22(20)29)27-11-14-5-8-25-12-19(14)32-13-15-7-10-31-15/h2-5,8,12,15,27H,6-7,9-11,13H2,1H3,(H,26,29)(H,28,33). The maximum Gasteiger partial charge on any atom is 0.256 e. The van der Waals surface area contributed by atoms with Crippen LogP contribution in [0.5, 0.6) is 11.5 Å². The van der Waals surface area contributed by atoms with Crippen LogP contribution in [0, 0.1) is 0 Å². The second kappa shape index (κ2) is 11.0. The van der Waals surface area contributed by atoms with Gasteiger partial charge in [-0.2, -0.15) is 0 Å². The molecule has 1 aromatic carbocycles. The van der Waals surface area contributed by atoms with Crippen LogP contribution in [-0.4, -0.2) is 48.9 Å². The molecule has 3 heterocycles. The Morgan fingerprint density at radius 3 is 3.00 bits per heavy atom. The van der Waals surface area contributed by atoms with Gasteiger partial charge in [-0.05, 0) is 34.1 Å². The van der Waals surface area contributed by atoms with Crippen molar-refractivity contribution in [3.05, 3.63) is 58.0 Å². The molecule has 1 atom stereocenters. The van der Waals surface area contributed by atoms with Gasteiger partial charge in [0.2, 0.25) is 0 Å². The predicted molar refractivity (Wildman–Crippen MR) is 132 cm³/mol. The summed E-state index contributed by atoms with van der Waals surface area (Å²) >= 11 is 9.09. The third-order valence-electron chi connectivity index (χ3n) is 5.42. The van der Waals surface area contributed by atoms with Crippen LogP contribution in [0.2, 0.25) is 0 Å². The number of methoxy groups -OCH3 is 1. The minimum absolute atomic E-state index is 0.140. The number of para-hydroxylation sites is 1. The Morgan fingerprint density at radius 1 is 1.39 bits per heavy atom. The van der Waals surface area contributed by atoms with E-state index in [2.05, 4.69) is 36.9 Å². The van der Waals surface area contributed by atoms with Crippen LogP contribution in [-0.2, 0) is 16.1 Å². The summed E-state index contributed by atoms with van der Waals surface area (Å²) in [6.45, 7) is 2.29. The van der Waals surface area contributed by atoms with Crippen LogP contribution in [0.3, 0.4) is 0 Å². The molecule has 1 unspecified atom stereocenters. The third-order valence-corrected chi connectivity index (χ3v) is 6.35. The molecule has 1 aromatic heterocycles. The number of pyridine rings is 1. The lowest BCUT2D eigenvalue weighted by Gasteiger charge is -2.27. The van der Waals surface area contributed by atoms with Crippen molar-refractivity contribution in [1.29, 1.82) is 0 Å². The first kappa shape index (κ1) is 23.5. The zero-order valence-electron chi connectivity index (χ0n) is 18.2. The van der Waals surface area contributed by atoms with Gasteiger partial charge in [0.25, 0.3) is 5.91 Å². The van der Waals surface area contributed by atoms with E-state index >= 15 is 0 Å². The maximum atomic E-state index is 12.7. The lowest BCUT2D eigenvalue weighted by molar-refractivity contribution is -0.117. The molecule has 0 bridgehead atoms. The van der Waals surface area contributed by atoms with Crippen LogP contribution in [0.15, 0.2) is 52.4 Å². The summed E-state index contributed by atoms with van der Waals surface area (Å²) in [4.78, 5) is 17.2. The Bertz CT molecular complexity index is 1070. The van der Waals surface area contributed by atoms with E-state index in [9.17, 15) is 4.79 Å². The van der Waals surface area contributed by atoms with Gasteiger partial charge in [0.1, 0.15) is 17.3 Å². The molecule has 3 N–H and O–H groups in total. The number of hydrogen-bond acceptors (Lipinski definition) is 7. The number of carbonyl (C=O) groups is 1. The van der Waals surface area contributed by atoms with E-state index in [4.69, 9.17) is 26.4 Å². The highest BCUT2D eigenvalue weighted by molar-refractivity contribution is 9.10. The van der Waals surface area contributed by atoms with Gasteiger partial charge >= 0.3 is 0 Å². The monoisotopic (exact) mass is 532 g/mol. The highest BCUT2D eigenvalue weighted by Crippen LogP contribution is 2.33. The fourth-order valence-electron chi connectivity index (χ4n) is 3.55. The molecule has 1 saturated heterocycles. The number of nitrogens with zero attached hydrogens (tertiary/aromatic N) is 1. The number of hydrogen-bond donors (Lipinski definition) is 3. The Labute approximate surface area is 206 Å². The molecule has 1 amide bonds. The second-order valence-corrected chi connectivity index (χ2v) is 8.83. The number of benzene rings is 1. The predicted octanol–water partition coefficient (Wildman–Crippen LogP) is 3.32. The fourth-order valence-corrected chi connectivity index (χ4v) is 4.41. The van der Waals surface area contributed by atoms with Crippen LogP contribution < -0.4 is 25.4 Å². The van der Waals surface area contributed by atoms with Crippen molar-refractivity contribution in [1.82, 2.24) is 15.6 Å². The Hall–Kier alpha value is -2.69. The van der Waals surface area contributed by atoms with E-state index in [0.29, 0.717) is 53.9 Å². The second-order valence-electron chi connectivity index (χ2n) is 7.56. The number of aromatic nitrogens is 1. The number of anilines is 1. The quantitative estimate of drug-likeness (QED) is 0.423. The highest BCUT2D eigenvalue weighted by Gasteiger charge is 2.25. The van der Waals surface area contributed by atoms with Gasteiger partial charge < -0.3 is 30.2 Å². The summed E-state index contributed by atoms with van der Waals surface area (Å²) in [5.41, 5.74) is 2.80. The van der Waals surface area contributed by atoms with E-state index in [1.54, 1.807) is 19.5 Å². The zero-order valence-corrected chi connectivity index (χ0v) is 20.6. The van der Waals surface area contributed by atoms with E-state index in [-0.39, 0.29) is 12.0 Å². The number of ether oxygens (including phenoxy) is 3. The van der Waals surface area contributed by atoms with E-state index < -0.39 is 0 Å². The minimum atomic E-state index is -0.219. The van der Waals surface area contributed by atoms with Crippen LogP contribution in [0.25, 0.3) is 0 Å². The van der Waals surface area contributed by atoms with Crippen LogP contribution in [0.4, 0.5) is 5.69 Å². The van der Waals surface area contributed by atoms with Gasteiger partial charge in [-0.3, -0.25) is 9.78 Å². The zero-order chi connectivity index (χ0) is 23.2. The Balaban J connectivity index is 1.50. The van der Waals surface area contributed by atoms with E-state index in [0.717, 1.165) is 28.8 Å². The average molecular weight is 533 g/mol. The lowest BCUT2D eigenvalue weighted by Crippen LogP contribution is -2.39. The fraction of sp³-hybridized carbons (Fsp3) is 0.348. The molecular formula is C23H25BrN4O4S. The van der Waals surface area contributed by atoms with Gasteiger partial charge in [-0.25, -0.2) is 0 Å². The van der Waals surface area contributed by atoms with Gasteiger partial charge in [0, 0.05) is 50.0 Å². The van der Waals surface area contributed by atoms with Crippen molar-refractivity contribution in [3.8, 4) is 11.5 Å². The molecular weight excluding hydrogens is 508 g/mol. The number of nitrogens with one attached hydrogen (secondary N) is 3. The molecule has 4 rings (SSSR count). The first-order valence-electron chi connectivity index (χ1n) is 10.6. The molecule has 1 fully saturated rings. The number of halogens is 1. The molecule has 2 aliphatic heterocycles. The summed E-state index contributed by atoms with van der Waals surface area (Å²) in [6.07, 6.45) is 5.20. The van der Waals surface area contributed by atoms with Crippen molar-refractivity contribution in [3.63, 3.8) is 0 Å². The number of carbonyl (C=O) groups excluding carboxylic acids is 1. The normalized spacial score (nSPS) is 17.6.